The Hall–Kier alpha value is -1.71. The third-order valence-corrected chi connectivity index (χ3v) is 2.64. The summed E-state index contributed by atoms with van der Waals surface area (Å²) in [7, 11) is 0. The summed E-state index contributed by atoms with van der Waals surface area (Å²) in [5.74, 6) is -0.311. The van der Waals surface area contributed by atoms with Gasteiger partial charge in [0.25, 0.3) is 5.56 Å². The first-order valence-corrected chi connectivity index (χ1v) is 4.44. The Kier molecular flexibility index (Phi) is 1.32. The highest BCUT2D eigenvalue weighted by atomic mass is 19.1. The predicted molar refractivity (Wildman–Crippen MR) is 49.7 cm³/mol. The van der Waals surface area contributed by atoms with Crippen LogP contribution >= 0.6 is 0 Å². The number of aryl methyl sites for hydroxylation is 2. The summed E-state index contributed by atoms with van der Waals surface area (Å²) < 4.78 is 14.9. The van der Waals surface area contributed by atoms with Crippen LogP contribution in [0, 0.1) is 5.82 Å². The first-order chi connectivity index (χ1) is 6.77. The summed E-state index contributed by atoms with van der Waals surface area (Å²) in [5, 5.41) is 0. The fourth-order valence-corrected chi connectivity index (χ4v) is 1.99. The number of pyridine rings is 2. The number of rotatable bonds is 0. The van der Waals surface area contributed by atoms with Crippen molar-refractivity contribution in [2.45, 2.75) is 13.0 Å². The lowest BCUT2D eigenvalue weighted by Gasteiger charge is -2.01. The van der Waals surface area contributed by atoms with E-state index in [2.05, 4.69) is 4.98 Å². The van der Waals surface area contributed by atoms with Crippen LogP contribution in [0.4, 0.5) is 4.39 Å². The first-order valence-electron chi connectivity index (χ1n) is 4.44. The fraction of sp³-hybridized carbons (Fsp3) is 0.200. The molecule has 4 heteroatoms. The van der Waals surface area contributed by atoms with Gasteiger partial charge < -0.3 is 4.57 Å². The molecule has 0 saturated heterocycles. The largest absolute Gasteiger partial charge is 0.306 e. The molecule has 0 saturated carbocycles. The number of hydrogen-bond acceptors (Lipinski definition) is 2. The minimum absolute atomic E-state index is 0.0800. The monoisotopic (exact) mass is 190 g/mol. The molecule has 2 aromatic heterocycles. The van der Waals surface area contributed by atoms with Crippen molar-refractivity contribution in [2.75, 3.05) is 0 Å². The van der Waals surface area contributed by atoms with E-state index in [-0.39, 0.29) is 11.4 Å². The molecule has 3 heterocycles. The van der Waals surface area contributed by atoms with Gasteiger partial charge in [0.2, 0.25) is 0 Å². The van der Waals surface area contributed by atoms with Crippen LogP contribution in [0.5, 0.6) is 0 Å². The third-order valence-electron chi connectivity index (χ3n) is 2.64. The molecule has 3 nitrogen and oxygen atoms in total. The number of halogens is 1. The highest BCUT2D eigenvalue weighted by Gasteiger charge is 2.18. The molecule has 0 radical (unpaired) electrons. The van der Waals surface area contributed by atoms with E-state index in [1.54, 1.807) is 10.6 Å². The maximum Gasteiger partial charge on any atom is 0.251 e. The Morgan fingerprint density at radius 2 is 2.29 bits per heavy atom. The second-order valence-corrected chi connectivity index (χ2v) is 3.39. The van der Waals surface area contributed by atoms with Gasteiger partial charge in [-0.1, -0.05) is 0 Å². The molecule has 2 aromatic rings. The molecule has 0 aromatic carbocycles. The summed E-state index contributed by atoms with van der Waals surface area (Å²) in [6.07, 6.45) is 1.81. The van der Waals surface area contributed by atoms with Crippen LogP contribution in [0.2, 0.25) is 0 Å². The molecule has 0 fully saturated rings. The van der Waals surface area contributed by atoms with Crippen molar-refractivity contribution in [3.8, 4) is 0 Å². The van der Waals surface area contributed by atoms with E-state index < -0.39 is 0 Å². The Labute approximate surface area is 78.8 Å². The molecule has 1 aliphatic rings. The van der Waals surface area contributed by atoms with Gasteiger partial charge in [-0.15, -0.1) is 0 Å². The molecule has 0 N–H and O–H groups in total. The van der Waals surface area contributed by atoms with Crippen molar-refractivity contribution in [3.05, 3.63) is 40.1 Å². The molecule has 0 bridgehead atoms. The van der Waals surface area contributed by atoms with Gasteiger partial charge in [0.15, 0.2) is 0 Å². The van der Waals surface area contributed by atoms with Crippen molar-refractivity contribution in [2.24, 2.45) is 0 Å². The average Bonchev–Trinajstić information content (AvgIpc) is 2.62. The summed E-state index contributed by atoms with van der Waals surface area (Å²) in [5.41, 5.74) is 1.90. The van der Waals surface area contributed by atoms with Crippen LogP contribution in [0.1, 0.15) is 5.56 Å². The van der Waals surface area contributed by atoms with E-state index in [1.807, 2.05) is 0 Å². The standard InChI is InChI=1S/C10H7FN2O/c11-7-5-12-8-1-2-9(14)13-4-3-6(7)10(8)13/h1-2,5H,3-4H2. The van der Waals surface area contributed by atoms with Crippen molar-refractivity contribution in [3.63, 3.8) is 0 Å². The van der Waals surface area contributed by atoms with Crippen LogP contribution in [0.25, 0.3) is 11.0 Å². The van der Waals surface area contributed by atoms with E-state index in [0.29, 0.717) is 29.6 Å². The zero-order valence-electron chi connectivity index (χ0n) is 7.33. The Morgan fingerprint density at radius 1 is 1.43 bits per heavy atom. The van der Waals surface area contributed by atoms with Gasteiger partial charge in [0.1, 0.15) is 5.82 Å². The van der Waals surface area contributed by atoms with E-state index >= 15 is 0 Å². The second-order valence-electron chi connectivity index (χ2n) is 3.39. The van der Waals surface area contributed by atoms with E-state index in [9.17, 15) is 9.18 Å². The van der Waals surface area contributed by atoms with Crippen LogP contribution in [-0.4, -0.2) is 9.55 Å². The molecule has 70 valence electrons. The molecule has 0 atom stereocenters. The molecule has 3 rings (SSSR count). The zero-order chi connectivity index (χ0) is 9.71. The normalized spacial score (nSPS) is 13.8. The van der Waals surface area contributed by atoms with E-state index in [0.717, 1.165) is 0 Å². The van der Waals surface area contributed by atoms with Crippen LogP contribution in [0.15, 0.2) is 23.1 Å². The summed E-state index contributed by atoms with van der Waals surface area (Å²) in [4.78, 5) is 15.4. The summed E-state index contributed by atoms with van der Waals surface area (Å²) >= 11 is 0. The van der Waals surface area contributed by atoms with Gasteiger partial charge in [-0.3, -0.25) is 9.78 Å². The summed E-state index contributed by atoms with van der Waals surface area (Å²) in [6, 6.07) is 3.12. The number of aromatic nitrogens is 2. The van der Waals surface area contributed by atoms with Crippen molar-refractivity contribution < 1.29 is 4.39 Å². The third kappa shape index (κ3) is 0.801. The minimum atomic E-state index is -0.311. The molecule has 14 heavy (non-hydrogen) atoms. The second kappa shape index (κ2) is 2.41. The molecule has 0 aliphatic carbocycles. The summed E-state index contributed by atoms with van der Waals surface area (Å²) in [6.45, 7) is 0.564. The van der Waals surface area contributed by atoms with Gasteiger partial charge in [0.05, 0.1) is 17.2 Å². The van der Waals surface area contributed by atoms with Gasteiger partial charge in [-0.2, -0.15) is 0 Å². The average molecular weight is 190 g/mol. The molecule has 0 spiro atoms. The van der Waals surface area contributed by atoms with Gasteiger partial charge in [0, 0.05) is 18.2 Å². The maximum absolute atomic E-state index is 13.3. The topological polar surface area (TPSA) is 34.9 Å². The highest BCUT2D eigenvalue weighted by Crippen LogP contribution is 2.23. The Bertz CT molecular complexity index is 588. The minimum Gasteiger partial charge on any atom is -0.306 e. The molecule has 0 unspecified atom stereocenters. The lowest BCUT2D eigenvalue weighted by Crippen LogP contribution is -2.16. The Balaban J connectivity index is 2.62. The SMILES string of the molecule is O=c1ccc2ncc(F)c3c2n1CC3. The highest BCUT2D eigenvalue weighted by molar-refractivity contribution is 5.79. The first kappa shape index (κ1) is 7.67. The molecule has 0 amide bonds. The van der Waals surface area contributed by atoms with E-state index in [4.69, 9.17) is 0 Å². The Morgan fingerprint density at radius 3 is 3.14 bits per heavy atom. The van der Waals surface area contributed by atoms with Crippen LogP contribution < -0.4 is 5.56 Å². The maximum atomic E-state index is 13.3. The molecular formula is C10H7FN2O. The van der Waals surface area contributed by atoms with Crippen molar-refractivity contribution >= 4 is 11.0 Å². The molecular weight excluding hydrogens is 183 g/mol. The smallest absolute Gasteiger partial charge is 0.251 e. The number of nitrogens with zero attached hydrogens (tertiary/aromatic N) is 2. The van der Waals surface area contributed by atoms with Crippen molar-refractivity contribution in [1.29, 1.82) is 0 Å². The van der Waals surface area contributed by atoms with E-state index in [1.165, 1.54) is 12.3 Å². The zero-order valence-corrected chi connectivity index (χ0v) is 7.33. The molecule has 1 aliphatic heterocycles. The fourth-order valence-electron chi connectivity index (χ4n) is 1.99. The lowest BCUT2D eigenvalue weighted by molar-refractivity contribution is 0.607. The van der Waals surface area contributed by atoms with Gasteiger partial charge in [-0.05, 0) is 12.5 Å². The van der Waals surface area contributed by atoms with Crippen molar-refractivity contribution in [1.82, 2.24) is 9.55 Å². The van der Waals surface area contributed by atoms with Gasteiger partial charge >= 0.3 is 0 Å². The lowest BCUT2D eigenvalue weighted by atomic mass is 10.2. The number of hydrogen-bond donors (Lipinski definition) is 0. The van der Waals surface area contributed by atoms with Gasteiger partial charge in [-0.25, -0.2) is 4.39 Å². The predicted octanol–water partition coefficient (Wildman–Crippen LogP) is 1.09. The quantitative estimate of drug-likeness (QED) is 0.623. The van der Waals surface area contributed by atoms with Crippen LogP contribution in [-0.2, 0) is 13.0 Å². The van der Waals surface area contributed by atoms with Crippen LogP contribution in [0.3, 0.4) is 0 Å².